The lowest BCUT2D eigenvalue weighted by Crippen LogP contribution is -2.21. The molecule has 150 valence electrons. The fourth-order valence-electron chi connectivity index (χ4n) is 2.99. The van der Waals surface area contributed by atoms with Gasteiger partial charge in [0.25, 0.3) is 5.91 Å². The molecule has 0 radical (unpaired) electrons. The molecule has 0 atom stereocenters. The molecule has 28 heavy (non-hydrogen) atoms. The van der Waals surface area contributed by atoms with Gasteiger partial charge in [0.2, 0.25) is 0 Å². The number of carbonyl (C=O) groups is 2. The molecule has 1 aliphatic rings. The Bertz CT molecular complexity index is 909. The number of nitrogens with zero attached hydrogens (tertiary/aromatic N) is 2. The van der Waals surface area contributed by atoms with E-state index in [0.29, 0.717) is 26.1 Å². The molecule has 1 aliphatic carbocycles. The van der Waals surface area contributed by atoms with Crippen LogP contribution in [0.15, 0.2) is 0 Å². The molecule has 0 aromatic carbocycles. The number of nitrogens with one attached hydrogen (secondary N) is 2. The van der Waals surface area contributed by atoms with Gasteiger partial charge in [-0.3, -0.25) is 4.79 Å². The zero-order valence-electron chi connectivity index (χ0n) is 16.2. The molecule has 2 N–H and O–H groups in total. The van der Waals surface area contributed by atoms with Gasteiger partial charge in [0.15, 0.2) is 10.2 Å². The van der Waals surface area contributed by atoms with Crippen molar-refractivity contribution in [3.8, 4) is 0 Å². The van der Waals surface area contributed by atoms with Crippen molar-refractivity contribution in [2.45, 2.75) is 32.6 Å². The van der Waals surface area contributed by atoms with E-state index in [0.717, 1.165) is 23.7 Å². The topological polar surface area (TPSA) is 83.6 Å². The molecule has 2 heterocycles. The molecule has 0 aliphatic heterocycles. The Labute approximate surface area is 177 Å². The first kappa shape index (κ1) is 20.7. The minimum absolute atomic E-state index is 0.174. The molecule has 0 saturated carbocycles. The summed E-state index contributed by atoms with van der Waals surface area (Å²) < 4.78 is 4.90. The Kier molecular flexibility index (Phi) is 6.31. The molecule has 0 unspecified atom stereocenters. The van der Waals surface area contributed by atoms with Crippen LogP contribution in [0.2, 0.25) is 0 Å². The average molecular weight is 439 g/mol. The van der Waals surface area contributed by atoms with Crippen LogP contribution in [0.25, 0.3) is 0 Å². The number of esters is 1. The second kappa shape index (κ2) is 8.54. The average Bonchev–Trinajstić information content (AvgIpc) is 3.20. The Morgan fingerprint density at radius 1 is 1.18 bits per heavy atom. The largest absolute Gasteiger partial charge is 0.465 e. The highest BCUT2D eigenvalue weighted by Gasteiger charge is 2.26. The minimum atomic E-state index is -0.512. The van der Waals surface area contributed by atoms with Gasteiger partial charge in [0.05, 0.1) is 23.2 Å². The van der Waals surface area contributed by atoms with E-state index < -0.39 is 5.97 Å². The van der Waals surface area contributed by atoms with Gasteiger partial charge in [-0.2, -0.15) is 0 Å². The number of hydrogen-bond donors (Lipinski definition) is 2. The maximum absolute atomic E-state index is 12.4. The number of aryl methyl sites for hydroxylation is 2. The van der Waals surface area contributed by atoms with Crippen molar-refractivity contribution in [2.75, 3.05) is 31.8 Å². The fourth-order valence-corrected chi connectivity index (χ4v) is 5.60. The van der Waals surface area contributed by atoms with Crippen molar-refractivity contribution in [3.05, 3.63) is 26.6 Å². The monoisotopic (exact) mass is 438 g/mol. The quantitative estimate of drug-likeness (QED) is 0.556. The predicted octanol–water partition coefficient (Wildman–Crippen LogP) is 3.69. The van der Waals surface area contributed by atoms with E-state index in [1.807, 2.05) is 0 Å². The molecule has 2 aromatic rings. The Morgan fingerprint density at radius 3 is 2.54 bits per heavy atom. The number of thiocarbonyl (C=S) groups is 1. The molecular weight excluding hydrogens is 416 g/mol. The summed E-state index contributed by atoms with van der Waals surface area (Å²) in [6.45, 7) is 1.73. The van der Waals surface area contributed by atoms with Crippen LogP contribution in [0.5, 0.6) is 0 Å². The molecular formula is C18H22N4O3S3. The third-order valence-electron chi connectivity index (χ3n) is 4.43. The van der Waals surface area contributed by atoms with Crippen molar-refractivity contribution in [1.29, 1.82) is 0 Å². The van der Waals surface area contributed by atoms with Gasteiger partial charge in [0.1, 0.15) is 5.00 Å². The molecule has 10 heteroatoms. The molecule has 0 saturated heterocycles. The van der Waals surface area contributed by atoms with Crippen LogP contribution in [0.4, 0.5) is 10.1 Å². The maximum atomic E-state index is 12.4. The number of rotatable bonds is 4. The van der Waals surface area contributed by atoms with Crippen LogP contribution in [0, 0.1) is 6.92 Å². The van der Waals surface area contributed by atoms with Crippen LogP contribution >= 0.6 is 34.9 Å². The van der Waals surface area contributed by atoms with E-state index in [-0.39, 0.29) is 5.91 Å². The van der Waals surface area contributed by atoms with Crippen molar-refractivity contribution >= 4 is 62.0 Å². The Balaban J connectivity index is 1.83. The van der Waals surface area contributed by atoms with Gasteiger partial charge >= 0.3 is 5.97 Å². The summed E-state index contributed by atoms with van der Waals surface area (Å²) in [6, 6.07) is 0. The normalized spacial score (nSPS) is 12.9. The van der Waals surface area contributed by atoms with Crippen molar-refractivity contribution in [3.63, 3.8) is 0 Å². The zero-order valence-corrected chi connectivity index (χ0v) is 18.6. The summed E-state index contributed by atoms with van der Waals surface area (Å²) in [4.78, 5) is 32.6. The zero-order chi connectivity index (χ0) is 20.4. The van der Waals surface area contributed by atoms with E-state index in [2.05, 4.69) is 15.6 Å². The number of ether oxygens (including phenoxy) is 1. The third kappa shape index (κ3) is 4.18. The second-order valence-corrected chi connectivity index (χ2v) is 9.14. The summed E-state index contributed by atoms with van der Waals surface area (Å²) in [6.07, 6.45) is 4.41. The number of aromatic nitrogens is 1. The van der Waals surface area contributed by atoms with Crippen LogP contribution in [-0.4, -0.2) is 48.1 Å². The molecule has 2 aromatic heterocycles. The number of anilines is 2. The smallest absolute Gasteiger partial charge is 0.341 e. The van der Waals surface area contributed by atoms with Gasteiger partial charge in [-0.15, -0.1) is 22.7 Å². The van der Waals surface area contributed by atoms with Gasteiger partial charge in [-0.25, -0.2) is 9.78 Å². The standard InChI is InChI=1S/C18H22N4O3S3/c1-9-12(16(24)25-4)14(28-13(9)15(23)22(2)3)20-17(26)21-18-19-10-7-5-6-8-11(10)27-18/h5-8H2,1-4H3,(H2,19,20,21,26). The number of thiazole rings is 1. The number of hydrogen-bond acceptors (Lipinski definition) is 7. The Hall–Kier alpha value is -2.04. The van der Waals surface area contributed by atoms with Gasteiger partial charge in [-0.1, -0.05) is 0 Å². The van der Waals surface area contributed by atoms with Crippen LogP contribution in [0.3, 0.4) is 0 Å². The van der Waals surface area contributed by atoms with Crippen LogP contribution < -0.4 is 10.6 Å². The summed E-state index contributed by atoms with van der Waals surface area (Å²) in [5.41, 5.74) is 2.04. The molecule has 7 nitrogen and oxygen atoms in total. The summed E-state index contributed by atoms with van der Waals surface area (Å²) in [7, 11) is 4.65. The van der Waals surface area contributed by atoms with Gasteiger partial charge < -0.3 is 20.3 Å². The number of fused-ring (bicyclic) bond motifs is 1. The lowest BCUT2D eigenvalue weighted by Gasteiger charge is -2.08. The van der Waals surface area contributed by atoms with Crippen molar-refractivity contribution < 1.29 is 14.3 Å². The lowest BCUT2D eigenvalue weighted by atomic mass is 10.0. The van der Waals surface area contributed by atoms with Gasteiger partial charge in [0, 0.05) is 19.0 Å². The molecule has 0 fully saturated rings. The number of carbonyl (C=O) groups excluding carboxylic acids is 2. The Morgan fingerprint density at radius 2 is 1.89 bits per heavy atom. The highest BCUT2D eigenvalue weighted by atomic mass is 32.1. The van der Waals surface area contributed by atoms with Crippen LogP contribution in [-0.2, 0) is 17.6 Å². The summed E-state index contributed by atoms with van der Waals surface area (Å²) >= 11 is 8.21. The van der Waals surface area contributed by atoms with Crippen LogP contribution in [0.1, 0.15) is 49.0 Å². The molecule has 3 rings (SSSR count). The number of methoxy groups -OCH3 is 1. The van der Waals surface area contributed by atoms with E-state index in [1.165, 1.54) is 41.1 Å². The maximum Gasteiger partial charge on any atom is 0.341 e. The van der Waals surface area contributed by atoms with Crippen molar-refractivity contribution in [2.24, 2.45) is 0 Å². The first-order valence-electron chi connectivity index (χ1n) is 8.81. The summed E-state index contributed by atoms with van der Waals surface area (Å²) in [5, 5.41) is 7.68. The van der Waals surface area contributed by atoms with Crippen molar-refractivity contribution in [1.82, 2.24) is 9.88 Å². The van der Waals surface area contributed by atoms with E-state index >= 15 is 0 Å². The number of thiophene rings is 1. The molecule has 0 spiro atoms. The second-order valence-electron chi connectivity index (χ2n) is 6.63. The highest BCUT2D eigenvalue weighted by Crippen LogP contribution is 2.35. The first-order chi connectivity index (χ1) is 13.3. The predicted molar refractivity (Wildman–Crippen MR) is 117 cm³/mol. The number of amides is 1. The third-order valence-corrected chi connectivity index (χ3v) is 6.90. The first-order valence-corrected chi connectivity index (χ1v) is 10.9. The van der Waals surface area contributed by atoms with Gasteiger partial charge in [-0.05, 0) is 50.4 Å². The summed E-state index contributed by atoms with van der Waals surface area (Å²) in [5.74, 6) is -0.686. The van der Waals surface area contributed by atoms with E-state index in [4.69, 9.17) is 17.0 Å². The fraction of sp³-hybridized carbons (Fsp3) is 0.444. The lowest BCUT2D eigenvalue weighted by molar-refractivity contribution is 0.0601. The van der Waals surface area contributed by atoms with E-state index in [9.17, 15) is 9.59 Å². The highest BCUT2D eigenvalue weighted by molar-refractivity contribution is 7.80. The molecule has 0 bridgehead atoms. The van der Waals surface area contributed by atoms with E-state index in [1.54, 1.807) is 32.4 Å². The minimum Gasteiger partial charge on any atom is -0.465 e. The molecule has 1 amide bonds. The SMILES string of the molecule is COC(=O)c1c(NC(=S)Nc2nc3c(s2)CCCC3)sc(C(=O)N(C)C)c1C.